The van der Waals surface area contributed by atoms with Gasteiger partial charge in [-0.2, -0.15) is 4.39 Å². The Morgan fingerprint density at radius 1 is 1.47 bits per heavy atom. The zero-order valence-electron chi connectivity index (χ0n) is 9.60. The topological polar surface area (TPSA) is 46.5 Å². The highest BCUT2D eigenvalue weighted by molar-refractivity contribution is 5.85. The maximum atomic E-state index is 13.1. The predicted octanol–water partition coefficient (Wildman–Crippen LogP) is 2.53. The first-order chi connectivity index (χ1) is 8.15. The number of halogens is 1. The van der Waals surface area contributed by atoms with Crippen LogP contribution in [0.4, 0.5) is 4.39 Å². The smallest absolute Gasteiger partial charge is 0.366 e. The Morgan fingerprint density at radius 3 is 2.71 bits per heavy atom. The highest BCUT2D eigenvalue weighted by Gasteiger charge is 2.11. The van der Waals surface area contributed by atoms with Gasteiger partial charge in [-0.1, -0.05) is 30.3 Å². The van der Waals surface area contributed by atoms with Gasteiger partial charge in [-0.15, -0.1) is 0 Å². The van der Waals surface area contributed by atoms with Gasteiger partial charge in [-0.25, -0.2) is 4.79 Å². The summed E-state index contributed by atoms with van der Waals surface area (Å²) in [4.78, 5) is 10.9. The quantitative estimate of drug-likeness (QED) is 0.633. The highest BCUT2D eigenvalue weighted by atomic mass is 19.1. The fraction of sp³-hybridized carbons (Fsp3) is 0.308. The number of aliphatic hydroxyl groups excluding tert-OH is 1. The second kappa shape index (κ2) is 6.81. The molecule has 4 heteroatoms. The average Bonchev–Trinajstić information content (AvgIpc) is 2.36. The Hall–Kier alpha value is -1.68. The van der Waals surface area contributed by atoms with E-state index in [0.29, 0.717) is 5.56 Å². The molecule has 0 aromatic heterocycles. The Bertz CT molecular complexity index is 387. The maximum Gasteiger partial charge on any atom is 0.366 e. The Balaban J connectivity index is 2.55. The van der Waals surface area contributed by atoms with E-state index in [9.17, 15) is 14.3 Å². The van der Waals surface area contributed by atoms with E-state index >= 15 is 0 Å². The van der Waals surface area contributed by atoms with E-state index in [1.165, 1.54) is 0 Å². The van der Waals surface area contributed by atoms with Gasteiger partial charge in [0.15, 0.2) is 0 Å². The van der Waals surface area contributed by atoms with Crippen LogP contribution in [0.15, 0.2) is 42.2 Å². The van der Waals surface area contributed by atoms with Crippen molar-refractivity contribution in [1.29, 1.82) is 0 Å². The van der Waals surface area contributed by atoms with Crippen LogP contribution in [-0.2, 0) is 9.53 Å². The van der Waals surface area contributed by atoms with Crippen molar-refractivity contribution in [2.45, 2.75) is 19.4 Å². The molecule has 92 valence electrons. The number of ether oxygens (including phenoxy) is 1. The Labute approximate surface area is 99.5 Å². The number of hydrogen-bond donors (Lipinski definition) is 1. The molecule has 0 aliphatic heterocycles. The summed E-state index contributed by atoms with van der Waals surface area (Å²) >= 11 is 0. The molecule has 0 bridgehead atoms. The molecule has 0 amide bonds. The molecule has 3 nitrogen and oxygen atoms in total. The summed E-state index contributed by atoms with van der Waals surface area (Å²) in [6.07, 6.45) is 0.251. The number of carbonyl (C=O) groups excluding carboxylic acids is 1. The molecule has 0 spiro atoms. The molecule has 0 saturated carbocycles. The fourth-order valence-corrected chi connectivity index (χ4v) is 1.31. The van der Waals surface area contributed by atoms with Crippen LogP contribution in [0, 0.1) is 0 Å². The third-order valence-corrected chi connectivity index (χ3v) is 2.18. The lowest BCUT2D eigenvalue weighted by Crippen LogP contribution is -2.05. The predicted molar refractivity (Wildman–Crippen MR) is 61.8 cm³/mol. The highest BCUT2D eigenvalue weighted by Crippen LogP contribution is 2.17. The van der Waals surface area contributed by atoms with Crippen LogP contribution >= 0.6 is 0 Å². The standard InChI is InChI=1S/C13H15FO3/c1-2-17-13(16)11(14)8-9-12(15)10-6-4-3-5-7-10/h3-8,12,15H,2,9H2,1H3/b11-8-. The van der Waals surface area contributed by atoms with Crippen LogP contribution in [0.3, 0.4) is 0 Å². The van der Waals surface area contributed by atoms with Crippen molar-refractivity contribution in [1.82, 2.24) is 0 Å². The molecule has 1 aromatic carbocycles. The zero-order valence-corrected chi connectivity index (χ0v) is 9.60. The lowest BCUT2D eigenvalue weighted by atomic mass is 10.1. The van der Waals surface area contributed by atoms with Gasteiger partial charge in [-0.3, -0.25) is 0 Å². The molecular formula is C13H15FO3. The lowest BCUT2D eigenvalue weighted by Gasteiger charge is -2.07. The van der Waals surface area contributed by atoms with Crippen LogP contribution in [-0.4, -0.2) is 17.7 Å². The molecule has 0 saturated heterocycles. The molecule has 1 unspecified atom stereocenters. The van der Waals surface area contributed by atoms with Crippen LogP contribution < -0.4 is 0 Å². The van der Waals surface area contributed by atoms with Gasteiger partial charge < -0.3 is 9.84 Å². The monoisotopic (exact) mass is 238 g/mol. The molecule has 1 rings (SSSR count). The van der Waals surface area contributed by atoms with Crippen LogP contribution in [0.2, 0.25) is 0 Å². The number of benzene rings is 1. The van der Waals surface area contributed by atoms with E-state index in [1.807, 2.05) is 6.07 Å². The summed E-state index contributed by atoms with van der Waals surface area (Å²) in [6, 6.07) is 8.86. The Kier molecular flexibility index (Phi) is 5.36. The summed E-state index contributed by atoms with van der Waals surface area (Å²) in [6.45, 7) is 1.73. The van der Waals surface area contributed by atoms with Gasteiger partial charge in [0.2, 0.25) is 5.83 Å². The van der Waals surface area contributed by atoms with Crippen molar-refractivity contribution in [3.05, 3.63) is 47.8 Å². The number of hydrogen-bond acceptors (Lipinski definition) is 3. The van der Waals surface area contributed by atoms with E-state index < -0.39 is 17.9 Å². The van der Waals surface area contributed by atoms with Crippen molar-refractivity contribution in [2.75, 3.05) is 6.61 Å². The summed E-state index contributed by atoms with van der Waals surface area (Å²) in [5.74, 6) is -1.96. The number of carbonyl (C=O) groups is 1. The fourth-order valence-electron chi connectivity index (χ4n) is 1.31. The van der Waals surface area contributed by atoms with E-state index in [1.54, 1.807) is 31.2 Å². The third-order valence-electron chi connectivity index (χ3n) is 2.18. The number of esters is 1. The van der Waals surface area contributed by atoms with Crippen molar-refractivity contribution < 1.29 is 19.0 Å². The third kappa shape index (κ3) is 4.36. The number of rotatable bonds is 5. The summed E-state index contributed by atoms with van der Waals surface area (Å²) in [5.41, 5.74) is 0.681. The van der Waals surface area contributed by atoms with Gasteiger partial charge in [0.05, 0.1) is 12.7 Å². The van der Waals surface area contributed by atoms with Gasteiger partial charge in [0.1, 0.15) is 0 Å². The van der Waals surface area contributed by atoms with Gasteiger partial charge in [0.25, 0.3) is 0 Å². The van der Waals surface area contributed by atoms with Crippen molar-refractivity contribution in [3.8, 4) is 0 Å². The second-order valence-corrected chi connectivity index (χ2v) is 3.43. The van der Waals surface area contributed by atoms with Crippen LogP contribution in [0.1, 0.15) is 25.0 Å². The van der Waals surface area contributed by atoms with Crippen molar-refractivity contribution in [3.63, 3.8) is 0 Å². The SMILES string of the molecule is CCOC(=O)/C(F)=C/CC(O)c1ccccc1. The first kappa shape index (κ1) is 13.4. The molecule has 0 fully saturated rings. The Morgan fingerprint density at radius 2 is 2.12 bits per heavy atom. The molecule has 0 heterocycles. The largest absolute Gasteiger partial charge is 0.461 e. The molecular weight excluding hydrogens is 223 g/mol. The number of aliphatic hydroxyl groups is 1. The normalized spacial score (nSPS) is 13.2. The van der Waals surface area contributed by atoms with E-state index in [0.717, 1.165) is 6.08 Å². The molecule has 1 atom stereocenters. The minimum Gasteiger partial charge on any atom is -0.461 e. The van der Waals surface area contributed by atoms with Crippen molar-refractivity contribution in [2.24, 2.45) is 0 Å². The van der Waals surface area contributed by atoms with Gasteiger partial charge >= 0.3 is 5.97 Å². The lowest BCUT2D eigenvalue weighted by molar-refractivity contribution is -0.140. The van der Waals surface area contributed by atoms with Crippen molar-refractivity contribution >= 4 is 5.97 Å². The molecule has 0 radical (unpaired) electrons. The second-order valence-electron chi connectivity index (χ2n) is 3.43. The molecule has 0 aliphatic carbocycles. The summed E-state index contributed by atoms with van der Waals surface area (Å²) in [5, 5.41) is 9.72. The first-order valence-electron chi connectivity index (χ1n) is 5.41. The van der Waals surface area contributed by atoms with Gasteiger partial charge in [-0.05, 0) is 25.0 Å². The summed E-state index contributed by atoms with van der Waals surface area (Å²) in [7, 11) is 0. The van der Waals surface area contributed by atoms with E-state index in [4.69, 9.17) is 0 Å². The minimum atomic E-state index is -0.993. The molecule has 1 N–H and O–H groups in total. The van der Waals surface area contributed by atoms with E-state index in [-0.39, 0.29) is 13.0 Å². The maximum absolute atomic E-state index is 13.1. The van der Waals surface area contributed by atoms with E-state index in [2.05, 4.69) is 4.74 Å². The molecule has 1 aromatic rings. The molecule has 0 aliphatic rings. The van der Waals surface area contributed by atoms with Crippen LogP contribution in [0.5, 0.6) is 0 Å². The summed E-state index contributed by atoms with van der Waals surface area (Å²) < 4.78 is 17.6. The average molecular weight is 238 g/mol. The minimum absolute atomic E-state index is 0.0364. The molecule has 17 heavy (non-hydrogen) atoms. The van der Waals surface area contributed by atoms with Crippen LogP contribution in [0.25, 0.3) is 0 Å². The zero-order chi connectivity index (χ0) is 12.7. The van der Waals surface area contributed by atoms with Gasteiger partial charge in [0, 0.05) is 0 Å². The first-order valence-corrected chi connectivity index (χ1v) is 5.41.